The zero-order valence-electron chi connectivity index (χ0n) is 39.3. The molecular formula is C54H33F24N. The first-order valence-electron chi connectivity index (χ1n) is 22.1. The van der Waals surface area contributed by atoms with Gasteiger partial charge in [-0.25, -0.2) is 0 Å². The lowest BCUT2D eigenvalue weighted by Gasteiger charge is -2.38. The standard InChI is InChI=1S/C54H33F24N/c1-44(47(55,56)57,48(58,59)60)38-20-8-32(9-21-38)2-5-35-14-26-41(27-15-35)79(42-28-16-36(17-29-42)6-3-33-10-22-39(23-11-33)45(49(61,62)63,50(64,65)66)51(67,68)69)43-30-18-37(19-31-43)7-4-34-12-24-40(25-13-34)46(52(70,71)72,53(73,74)75)54(76,77)78/h2-31H,1H3/b5-2+,6-3+,7-4+. The lowest BCUT2D eigenvalue weighted by Crippen LogP contribution is -2.63. The summed E-state index contributed by atoms with van der Waals surface area (Å²) in [6.45, 7) is 0.0156. The van der Waals surface area contributed by atoms with Crippen LogP contribution in [0.4, 0.5) is 122 Å². The van der Waals surface area contributed by atoms with Gasteiger partial charge in [-0.15, -0.1) is 0 Å². The highest BCUT2D eigenvalue weighted by Gasteiger charge is 2.85. The first-order chi connectivity index (χ1) is 36.1. The summed E-state index contributed by atoms with van der Waals surface area (Å²) < 4.78 is 328. The van der Waals surface area contributed by atoms with Crippen molar-refractivity contribution in [3.63, 3.8) is 0 Å². The van der Waals surface area contributed by atoms with E-state index >= 15 is 0 Å². The molecule has 0 aliphatic carbocycles. The number of hydrogen-bond acceptors (Lipinski definition) is 1. The lowest BCUT2D eigenvalue weighted by molar-refractivity contribution is -0.389. The number of halogens is 24. The number of anilines is 3. The molecule has 1 nitrogen and oxygen atoms in total. The second-order valence-corrected chi connectivity index (χ2v) is 17.6. The van der Waals surface area contributed by atoms with Gasteiger partial charge in [-0.05, 0) is 93.4 Å². The van der Waals surface area contributed by atoms with Crippen LogP contribution >= 0.6 is 0 Å². The minimum Gasteiger partial charge on any atom is -0.311 e. The van der Waals surface area contributed by atoms with Crippen LogP contribution in [0.3, 0.4) is 0 Å². The predicted molar refractivity (Wildman–Crippen MR) is 246 cm³/mol. The zero-order valence-corrected chi connectivity index (χ0v) is 39.3. The van der Waals surface area contributed by atoms with E-state index in [1.54, 1.807) is 29.2 Å². The molecule has 0 fully saturated rings. The Morgan fingerprint density at radius 2 is 0.392 bits per heavy atom. The molecule has 6 aromatic rings. The molecule has 0 radical (unpaired) electrons. The van der Waals surface area contributed by atoms with Crippen LogP contribution in [0.2, 0.25) is 0 Å². The van der Waals surface area contributed by atoms with Crippen molar-refractivity contribution in [2.75, 3.05) is 4.90 Å². The van der Waals surface area contributed by atoms with E-state index in [0.717, 1.165) is 12.1 Å². The van der Waals surface area contributed by atoms with Crippen LogP contribution in [-0.2, 0) is 16.2 Å². The maximum Gasteiger partial charge on any atom is 0.416 e. The number of benzene rings is 6. The summed E-state index contributed by atoms with van der Waals surface area (Å²) in [6, 6.07) is 24.5. The van der Waals surface area contributed by atoms with Crippen LogP contribution in [0.5, 0.6) is 0 Å². The van der Waals surface area contributed by atoms with Gasteiger partial charge in [-0.3, -0.25) is 0 Å². The highest BCUT2D eigenvalue weighted by Crippen LogP contribution is 2.62. The van der Waals surface area contributed by atoms with E-state index in [2.05, 4.69) is 0 Å². The van der Waals surface area contributed by atoms with Crippen molar-refractivity contribution in [1.29, 1.82) is 0 Å². The molecule has 25 heteroatoms. The Morgan fingerprint density at radius 3 is 0.557 bits per heavy atom. The normalized spacial score (nSPS) is 14.2. The molecule has 0 atom stereocenters. The average molecular weight is 1150 g/mol. The van der Waals surface area contributed by atoms with Crippen LogP contribution in [0.1, 0.15) is 57.0 Å². The predicted octanol–water partition coefficient (Wildman–Crippen LogP) is 19.9. The fraction of sp³-hybridized carbons (Fsp3) is 0.222. The molecule has 0 saturated heterocycles. The molecule has 6 rings (SSSR count). The van der Waals surface area contributed by atoms with Crippen LogP contribution < -0.4 is 4.90 Å². The SMILES string of the molecule is CC(c1ccc(/C=C/c2ccc(N(c3ccc(/C=C/c4ccc(C(C(F)(F)F)(C(F)(F)F)C(F)(F)F)cc4)cc3)c3ccc(/C=C/c4ccc(C(C(F)(F)F)(C(F)(F)F)C(F)(F)F)cc4)cc3)cc2)cc1)(C(F)(F)F)C(F)(F)F. The number of hydrogen-bond donors (Lipinski definition) is 0. The van der Waals surface area contributed by atoms with E-state index in [0.29, 0.717) is 70.2 Å². The fourth-order valence-corrected chi connectivity index (χ4v) is 8.28. The van der Waals surface area contributed by atoms with Crippen molar-refractivity contribution in [2.24, 2.45) is 0 Å². The van der Waals surface area contributed by atoms with Crippen LogP contribution in [0, 0.1) is 0 Å². The molecule has 0 amide bonds. The minimum atomic E-state index is -6.83. The quantitative estimate of drug-likeness (QED) is 0.0872. The summed E-state index contributed by atoms with van der Waals surface area (Å²) in [5.74, 6) is 0. The van der Waals surface area contributed by atoms with E-state index in [1.807, 2.05) is 0 Å². The van der Waals surface area contributed by atoms with E-state index in [4.69, 9.17) is 0 Å². The first-order valence-corrected chi connectivity index (χ1v) is 22.1. The van der Waals surface area contributed by atoms with Crippen LogP contribution in [0.15, 0.2) is 146 Å². The van der Waals surface area contributed by atoms with E-state index < -0.39 is 82.3 Å². The van der Waals surface area contributed by atoms with E-state index in [-0.39, 0.29) is 47.9 Å². The molecular weight excluding hydrogens is 1120 g/mol. The maximum atomic E-state index is 13.7. The highest BCUT2D eigenvalue weighted by atomic mass is 19.5. The van der Waals surface area contributed by atoms with Gasteiger partial charge in [0.15, 0.2) is 5.41 Å². The third-order valence-corrected chi connectivity index (χ3v) is 12.7. The Bertz CT molecular complexity index is 2870. The first kappa shape index (κ1) is 60.9. The zero-order chi connectivity index (χ0) is 59.2. The molecule has 0 aliphatic heterocycles. The molecule has 0 saturated carbocycles. The second kappa shape index (κ2) is 21.0. The number of rotatable bonds is 12. The molecule has 0 N–H and O–H groups in total. The molecule has 0 aromatic heterocycles. The molecule has 79 heavy (non-hydrogen) atoms. The topological polar surface area (TPSA) is 3.24 Å². The Morgan fingerprint density at radius 1 is 0.228 bits per heavy atom. The highest BCUT2D eigenvalue weighted by molar-refractivity contribution is 5.81. The van der Waals surface area contributed by atoms with Crippen molar-refractivity contribution in [2.45, 2.75) is 72.6 Å². The van der Waals surface area contributed by atoms with Gasteiger partial charge in [-0.1, -0.05) is 146 Å². The fourth-order valence-electron chi connectivity index (χ4n) is 8.28. The molecule has 0 aliphatic rings. The Balaban J connectivity index is 1.31. The van der Waals surface area contributed by atoms with Gasteiger partial charge in [0.1, 0.15) is 0 Å². The Kier molecular flexibility index (Phi) is 16.2. The van der Waals surface area contributed by atoms with Crippen molar-refractivity contribution in [3.05, 3.63) is 196 Å². The van der Waals surface area contributed by atoms with Crippen LogP contribution in [0.25, 0.3) is 36.5 Å². The monoisotopic (exact) mass is 1150 g/mol. The average Bonchev–Trinajstić information content (AvgIpc) is 3.35. The van der Waals surface area contributed by atoms with Gasteiger partial charge in [0, 0.05) is 17.1 Å². The third-order valence-electron chi connectivity index (χ3n) is 12.7. The van der Waals surface area contributed by atoms with Crippen molar-refractivity contribution < 1.29 is 105 Å². The van der Waals surface area contributed by atoms with Crippen molar-refractivity contribution in [1.82, 2.24) is 0 Å². The Hall–Kier alpha value is -7.34. The molecule has 0 bridgehead atoms. The maximum absolute atomic E-state index is 13.7. The molecule has 0 unspecified atom stereocenters. The summed E-state index contributed by atoms with van der Waals surface area (Å²) in [6.07, 6.45) is -44.5. The van der Waals surface area contributed by atoms with Crippen LogP contribution in [-0.4, -0.2) is 49.4 Å². The van der Waals surface area contributed by atoms with Gasteiger partial charge in [0.25, 0.3) is 10.8 Å². The summed E-state index contributed by atoms with van der Waals surface area (Å²) in [5.41, 5.74) is -19.5. The minimum absolute atomic E-state index is 0.0156. The van der Waals surface area contributed by atoms with Gasteiger partial charge in [-0.2, -0.15) is 105 Å². The second-order valence-electron chi connectivity index (χ2n) is 17.6. The van der Waals surface area contributed by atoms with Crippen molar-refractivity contribution in [3.8, 4) is 0 Å². The third kappa shape index (κ3) is 11.6. The summed E-state index contributed by atoms with van der Waals surface area (Å²) in [7, 11) is 0. The van der Waals surface area contributed by atoms with Gasteiger partial charge >= 0.3 is 49.4 Å². The summed E-state index contributed by atoms with van der Waals surface area (Å²) >= 11 is 0. The van der Waals surface area contributed by atoms with E-state index in [9.17, 15) is 105 Å². The lowest BCUT2D eigenvalue weighted by atomic mass is 9.77. The molecule has 0 heterocycles. The van der Waals surface area contributed by atoms with Gasteiger partial charge in [0.2, 0.25) is 0 Å². The number of nitrogens with zero attached hydrogens (tertiary/aromatic N) is 1. The summed E-state index contributed by atoms with van der Waals surface area (Å²) in [5, 5.41) is 0. The van der Waals surface area contributed by atoms with Gasteiger partial charge in [0.05, 0.1) is 0 Å². The van der Waals surface area contributed by atoms with Gasteiger partial charge < -0.3 is 4.90 Å². The van der Waals surface area contributed by atoms with Crippen molar-refractivity contribution >= 4 is 53.5 Å². The van der Waals surface area contributed by atoms with E-state index in [1.165, 1.54) is 85.0 Å². The smallest absolute Gasteiger partial charge is 0.311 e. The Labute approximate surface area is 431 Å². The molecule has 0 spiro atoms. The number of alkyl halides is 24. The molecule has 6 aromatic carbocycles. The largest absolute Gasteiger partial charge is 0.416 e. The molecule has 422 valence electrons. The summed E-state index contributed by atoms with van der Waals surface area (Å²) in [4.78, 5) is 1.63.